The number of rotatable bonds is 65. The van der Waals surface area contributed by atoms with Crippen molar-refractivity contribution in [1.82, 2.24) is 10.6 Å². The van der Waals surface area contributed by atoms with E-state index in [0.29, 0.717) is 19.3 Å². The van der Waals surface area contributed by atoms with Gasteiger partial charge in [-0.3, -0.25) is 9.59 Å². The summed E-state index contributed by atoms with van der Waals surface area (Å²) in [6, 6.07) is -2.53. The largest absolute Gasteiger partial charge is 0.477 e. The maximum absolute atomic E-state index is 13.6. The number of aliphatic hydroxyl groups excluding tert-OH is 11. The van der Waals surface area contributed by atoms with Crippen LogP contribution >= 0.6 is 0 Å². The van der Waals surface area contributed by atoms with Gasteiger partial charge in [0.1, 0.15) is 67.1 Å². The van der Waals surface area contributed by atoms with Gasteiger partial charge in [-0.25, -0.2) is 4.79 Å². The maximum atomic E-state index is 13.6. The van der Waals surface area contributed by atoms with Gasteiger partial charge in [0.15, 0.2) is 12.6 Å². The predicted octanol–water partition coefficient (Wildman–Crippen LogP) is 10.8. The smallest absolute Gasteiger partial charge is 0.364 e. The van der Waals surface area contributed by atoms with Crippen molar-refractivity contribution in [3.05, 3.63) is 0 Å². The number of carbonyl (C=O) groups is 3. The highest BCUT2D eigenvalue weighted by atomic mass is 16.8. The third-order valence-electron chi connectivity index (χ3n) is 21.1. The molecule has 3 aliphatic rings. The zero-order chi connectivity index (χ0) is 73.9. The lowest BCUT2D eigenvalue weighted by Gasteiger charge is -2.50. The van der Waals surface area contributed by atoms with Crippen LogP contribution in [0.1, 0.15) is 342 Å². The van der Waals surface area contributed by atoms with Crippen LogP contribution in [-0.2, 0) is 42.8 Å². The highest BCUT2D eigenvalue weighted by Gasteiger charge is 2.60. The lowest BCUT2D eigenvalue weighted by molar-refractivity contribution is -0.386. The summed E-state index contributed by atoms with van der Waals surface area (Å²) in [7, 11) is 0. The molecule has 2 amide bonds. The van der Waals surface area contributed by atoms with Gasteiger partial charge in [-0.15, -0.1) is 0 Å². The summed E-state index contributed by atoms with van der Waals surface area (Å²) in [5.41, 5.74) is 0. The Balaban J connectivity index is 1.51. The molecule has 3 fully saturated rings. The lowest BCUT2D eigenvalue weighted by atomic mass is 9.88. The maximum Gasteiger partial charge on any atom is 0.364 e. The van der Waals surface area contributed by atoms with E-state index in [4.69, 9.17) is 28.4 Å². The molecule has 18 atom stereocenters. The van der Waals surface area contributed by atoms with E-state index >= 15 is 0 Å². The fourth-order valence-electron chi connectivity index (χ4n) is 14.6. The molecular formula is C78H148N2O21. The molecule has 596 valence electrons. The number of hydrogen-bond donors (Lipinski definition) is 14. The highest BCUT2D eigenvalue weighted by molar-refractivity contribution is 5.77. The van der Waals surface area contributed by atoms with Crippen molar-refractivity contribution in [2.45, 2.75) is 452 Å². The summed E-state index contributed by atoms with van der Waals surface area (Å²) in [6.07, 6.45) is 30.9. The molecule has 23 nitrogen and oxygen atoms in total. The SMILES string of the molecule is CCCCCCCCCCCCCCCCCCCCCCCCCCC(=O)NC(COC1OC(CO)C(OC2OC(CO)C(O)C(OC3(C(=O)O)CC(O)C(NC(C)=O)C(C(O)C(O)CO)O3)C2O)C(O)C1O)C(O)CCCCCCCCCCCCCCCCCCCCCCCCC. The molecule has 0 aliphatic carbocycles. The van der Waals surface area contributed by atoms with Crippen molar-refractivity contribution in [1.29, 1.82) is 0 Å². The Bertz CT molecular complexity index is 2020. The lowest BCUT2D eigenvalue weighted by Crippen LogP contribution is -2.70. The quantitative estimate of drug-likeness (QED) is 0.0252. The average Bonchev–Trinajstić information content (AvgIpc) is 0.756. The van der Waals surface area contributed by atoms with Gasteiger partial charge >= 0.3 is 5.97 Å². The Morgan fingerprint density at radius 3 is 1.24 bits per heavy atom. The Morgan fingerprint density at radius 2 is 0.861 bits per heavy atom. The average molecular weight is 1450 g/mol. The van der Waals surface area contributed by atoms with E-state index in [9.17, 15) is 75.7 Å². The molecule has 23 heteroatoms. The third-order valence-corrected chi connectivity index (χ3v) is 21.1. The summed E-state index contributed by atoms with van der Waals surface area (Å²) >= 11 is 0. The minimum atomic E-state index is -3.08. The number of carbonyl (C=O) groups excluding carboxylic acids is 2. The highest BCUT2D eigenvalue weighted by Crippen LogP contribution is 2.39. The van der Waals surface area contributed by atoms with Crippen molar-refractivity contribution in [2.75, 3.05) is 26.4 Å². The van der Waals surface area contributed by atoms with Crippen LogP contribution in [0.25, 0.3) is 0 Å². The Kier molecular flexibility index (Phi) is 53.2. The molecule has 3 aliphatic heterocycles. The van der Waals surface area contributed by atoms with E-state index in [-0.39, 0.29) is 18.9 Å². The van der Waals surface area contributed by atoms with E-state index in [0.717, 1.165) is 51.9 Å². The molecular weight excluding hydrogens is 1300 g/mol. The summed E-state index contributed by atoms with van der Waals surface area (Å²) in [5, 5.41) is 137. The molecule has 0 aromatic rings. The molecule has 18 unspecified atom stereocenters. The summed E-state index contributed by atoms with van der Waals surface area (Å²) < 4.78 is 35.0. The van der Waals surface area contributed by atoms with Gasteiger partial charge < -0.3 is 100 Å². The van der Waals surface area contributed by atoms with E-state index in [1.54, 1.807) is 0 Å². The van der Waals surface area contributed by atoms with E-state index in [1.807, 2.05) is 0 Å². The number of carboxylic acids is 1. The Labute approximate surface area is 608 Å². The minimum absolute atomic E-state index is 0.230. The summed E-state index contributed by atoms with van der Waals surface area (Å²) in [4.78, 5) is 38.7. The number of ether oxygens (including phenoxy) is 6. The van der Waals surface area contributed by atoms with Crippen molar-refractivity contribution >= 4 is 17.8 Å². The topological polar surface area (TPSA) is 373 Å². The number of hydrogen-bond acceptors (Lipinski definition) is 20. The standard InChI is InChI=1S/C78H148N2O21/c1-4-6-8-10-12-14-16-18-20-22-24-26-28-30-32-34-36-38-40-42-44-46-48-50-52-65(88)80-59(60(85)51-49-47-45-43-41-39-37-35-33-31-29-27-25-23-21-19-17-15-13-11-9-7-5-2)57-96-75-70(92)69(91)72(64(56-83)98-75)99-76-71(93)74(68(90)63(55-82)97-76)101-78(77(94)95)53-61(86)66(79-58(3)84)73(100-78)67(89)62(87)54-81/h59-64,66-76,81-83,85-87,89-93H,4-57H2,1-3H3,(H,79,84)(H,80,88)(H,94,95). The van der Waals surface area contributed by atoms with Crippen molar-refractivity contribution in [2.24, 2.45) is 0 Å². The van der Waals surface area contributed by atoms with E-state index < -0.39 is 148 Å². The summed E-state index contributed by atoms with van der Waals surface area (Å²) in [6.45, 7) is 2.28. The van der Waals surface area contributed by atoms with Crippen LogP contribution in [0, 0.1) is 0 Å². The van der Waals surface area contributed by atoms with Crippen LogP contribution in [0.4, 0.5) is 0 Å². The minimum Gasteiger partial charge on any atom is -0.477 e. The van der Waals surface area contributed by atoms with Gasteiger partial charge in [0, 0.05) is 19.8 Å². The second-order valence-electron chi connectivity index (χ2n) is 30.0. The molecule has 3 rings (SSSR count). The predicted molar refractivity (Wildman–Crippen MR) is 389 cm³/mol. The van der Waals surface area contributed by atoms with Crippen LogP contribution in [-0.4, -0.2) is 215 Å². The van der Waals surface area contributed by atoms with E-state index in [2.05, 4.69) is 24.5 Å². The Hall–Kier alpha value is -2.27. The number of nitrogens with one attached hydrogen (secondary N) is 2. The first kappa shape index (κ1) is 92.9. The molecule has 0 aromatic carbocycles. The Morgan fingerprint density at radius 1 is 0.475 bits per heavy atom. The number of aliphatic carboxylic acids is 1. The molecule has 0 radical (unpaired) electrons. The van der Waals surface area contributed by atoms with Crippen LogP contribution in [0.2, 0.25) is 0 Å². The van der Waals surface area contributed by atoms with Gasteiger partial charge in [-0.1, -0.05) is 309 Å². The first-order valence-corrected chi connectivity index (χ1v) is 40.9. The third kappa shape index (κ3) is 38.4. The first-order chi connectivity index (χ1) is 48.9. The molecule has 3 saturated heterocycles. The zero-order valence-electron chi connectivity index (χ0n) is 63.0. The fourth-order valence-corrected chi connectivity index (χ4v) is 14.6. The van der Waals surface area contributed by atoms with Crippen LogP contribution in [0.15, 0.2) is 0 Å². The number of aliphatic hydroxyl groups is 11. The monoisotopic (exact) mass is 1450 g/mol. The van der Waals surface area contributed by atoms with Gasteiger partial charge in [0.25, 0.3) is 5.79 Å². The molecule has 14 N–H and O–H groups in total. The first-order valence-electron chi connectivity index (χ1n) is 40.9. The number of amides is 2. The van der Waals surface area contributed by atoms with Crippen LogP contribution in [0.5, 0.6) is 0 Å². The van der Waals surface area contributed by atoms with Crippen molar-refractivity contribution < 1.29 is 104 Å². The van der Waals surface area contributed by atoms with Crippen LogP contribution < -0.4 is 10.6 Å². The molecule has 0 bridgehead atoms. The molecule has 3 heterocycles. The van der Waals surface area contributed by atoms with Crippen molar-refractivity contribution in [3.63, 3.8) is 0 Å². The van der Waals surface area contributed by atoms with Crippen LogP contribution in [0.3, 0.4) is 0 Å². The fraction of sp³-hybridized carbons (Fsp3) is 0.962. The van der Waals surface area contributed by atoms with Gasteiger partial charge in [0.05, 0.1) is 50.7 Å². The molecule has 0 aromatic heterocycles. The number of unbranched alkanes of at least 4 members (excludes halogenated alkanes) is 45. The van der Waals surface area contributed by atoms with E-state index in [1.165, 1.54) is 244 Å². The molecule has 101 heavy (non-hydrogen) atoms. The van der Waals surface area contributed by atoms with Gasteiger partial charge in [-0.05, 0) is 12.8 Å². The van der Waals surface area contributed by atoms with Crippen molar-refractivity contribution in [3.8, 4) is 0 Å². The number of carboxylic acid groups (broad SMARTS) is 1. The molecule has 0 saturated carbocycles. The summed E-state index contributed by atoms with van der Waals surface area (Å²) in [5.74, 6) is -6.09. The second kappa shape index (κ2) is 57.8. The normalized spacial score (nSPS) is 26.7. The zero-order valence-corrected chi connectivity index (χ0v) is 63.0. The second-order valence-corrected chi connectivity index (χ2v) is 30.0. The molecule has 0 spiro atoms. The van der Waals surface area contributed by atoms with Gasteiger partial charge in [-0.2, -0.15) is 0 Å². The van der Waals surface area contributed by atoms with Gasteiger partial charge in [0.2, 0.25) is 11.8 Å².